The second-order valence-electron chi connectivity index (χ2n) is 8.40. The number of sulfonamides is 1. The standard InChI is InChI=1S/C23H29ClN4O6S/c1-26(35(2,33)34)9-10-27-11-12-28-20(23(27)32)17(4-3-13-29)14-19(22(28)31)21(30)25-15-16-5-7-18(24)8-6-16/h5-8,14,29H,3-4,9-13,15H2,1-2H3,(H,25,30). The number of hydrogen-bond acceptors (Lipinski definition) is 6. The number of benzene rings is 1. The number of fused-ring (bicyclic) bond motifs is 1. The molecule has 35 heavy (non-hydrogen) atoms. The van der Waals surface area contributed by atoms with E-state index in [0.29, 0.717) is 23.4 Å². The van der Waals surface area contributed by atoms with Gasteiger partial charge in [-0.05, 0) is 42.2 Å². The van der Waals surface area contributed by atoms with E-state index in [1.165, 1.54) is 22.6 Å². The highest BCUT2D eigenvalue weighted by atomic mass is 35.5. The molecule has 0 atom stereocenters. The molecule has 0 spiro atoms. The van der Waals surface area contributed by atoms with Gasteiger partial charge < -0.3 is 19.9 Å². The third kappa shape index (κ3) is 6.49. The number of aliphatic hydroxyl groups is 1. The average Bonchev–Trinajstić information content (AvgIpc) is 2.81. The van der Waals surface area contributed by atoms with Crippen LogP contribution in [0.1, 0.15) is 38.4 Å². The van der Waals surface area contributed by atoms with Crippen molar-refractivity contribution in [3.05, 3.63) is 68.1 Å². The van der Waals surface area contributed by atoms with Gasteiger partial charge in [0.15, 0.2) is 0 Å². The van der Waals surface area contributed by atoms with Crippen LogP contribution in [-0.4, -0.2) is 78.7 Å². The summed E-state index contributed by atoms with van der Waals surface area (Å²) in [4.78, 5) is 40.8. The van der Waals surface area contributed by atoms with Crippen LogP contribution in [0.25, 0.3) is 0 Å². The molecule has 190 valence electrons. The van der Waals surface area contributed by atoms with Crippen LogP contribution >= 0.6 is 11.6 Å². The summed E-state index contributed by atoms with van der Waals surface area (Å²) in [5.41, 5.74) is 0.829. The van der Waals surface area contributed by atoms with Gasteiger partial charge in [-0.2, -0.15) is 0 Å². The lowest BCUT2D eigenvalue weighted by Crippen LogP contribution is -2.49. The van der Waals surface area contributed by atoms with Gasteiger partial charge in [0, 0.05) is 51.4 Å². The van der Waals surface area contributed by atoms with Crippen LogP contribution in [0.3, 0.4) is 0 Å². The molecule has 3 rings (SSSR count). The fraction of sp³-hybridized carbons (Fsp3) is 0.435. The molecule has 0 fully saturated rings. The zero-order valence-corrected chi connectivity index (χ0v) is 21.2. The van der Waals surface area contributed by atoms with E-state index >= 15 is 0 Å². The predicted octanol–water partition coefficient (Wildman–Crippen LogP) is 0.704. The van der Waals surface area contributed by atoms with Crippen molar-refractivity contribution >= 4 is 33.4 Å². The highest BCUT2D eigenvalue weighted by Gasteiger charge is 2.30. The molecule has 0 radical (unpaired) electrons. The van der Waals surface area contributed by atoms with Crippen LogP contribution < -0.4 is 10.9 Å². The van der Waals surface area contributed by atoms with E-state index in [0.717, 1.165) is 16.1 Å². The summed E-state index contributed by atoms with van der Waals surface area (Å²) >= 11 is 5.89. The SMILES string of the molecule is CN(CCN1CCn2c(c(CCCO)cc(C(=O)NCc3ccc(Cl)cc3)c2=O)C1=O)S(C)(=O)=O. The number of hydrogen-bond donors (Lipinski definition) is 2. The van der Waals surface area contributed by atoms with Gasteiger partial charge in [0.05, 0.1) is 6.26 Å². The van der Waals surface area contributed by atoms with Gasteiger partial charge in [0.25, 0.3) is 17.4 Å². The Morgan fingerprint density at radius 2 is 1.89 bits per heavy atom. The fourth-order valence-corrected chi connectivity index (χ4v) is 4.35. The molecule has 1 aliphatic heterocycles. The Hall–Kier alpha value is -2.73. The molecule has 10 nitrogen and oxygen atoms in total. The van der Waals surface area contributed by atoms with E-state index in [1.54, 1.807) is 24.3 Å². The number of carbonyl (C=O) groups is 2. The van der Waals surface area contributed by atoms with E-state index in [-0.39, 0.29) is 50.6 Å². The van der Waals surface area contributed by atoms with Gasteiger partial charge in [0.1, 0.15) is 11.3 Å². The number of amides is 2. The minimum Gasteiger partial charge on any atom is -0.396 e. The van der Waals surface area contributed by atoms with E-state index < -0.39 is 27.4 Å². The van der Waals surface area contributed by atoms with Gasteiger partial charge in [-0.3, -0.25) is 14.4 Å². The number of pyridine rings is 1. The van der Waals surface area contributed by atoms with E-state index in [2.05, 4.69) is 5.32 Å². The molecule has 0 saturated carbocycles. The number of halogens is 1. The smallest absolute Gasteiger partial charge is 0.270 e. The second kappa shape index (κ2) is 11.3. The van der Waals surface area contributed by atoms with E-state index in [1.807, 2.05) is 0 Å². The molecule has 2 heterocycles. The molecule has 0 unspecified atom stereocenters. The summed E-state index contributed by atoms with van der Waals surface area (Å²) in [5.74, 6) is -0.966. The van der Waals surface area contributed by atoms with Crippen LogP contribution in [0.5, 0.6) is 0 Å². The minimum atomic E-state index is -3.39. The quantitative estimate of drug-likeness (QED) is 0.471. The van der Waals surface area contributed by atoms with Crippen molar-refractivity contribution < 1.29 is 23.1 Å². The molecule has 1 aliphatic rings. The molecule has 1 aromatic carbocycles. The topological polar surface area (TPSA) is 129 Å². The van der Waals surface area contributed by atoms with Gasteiger partial charge in [-0.25, -0.2) is 12.7 Å². The number of likely N-dealkylation sites (N-methyl/N-ethyl adjacent to an activating group) is 1. The largest absolute Gasteiger partial charge is 0.396 e. The van der Waals surface area contributed by atoms with Crippen molar-refractivity contribution in [2.45, 2.75) is 25.9 Å². The van der Waals surface area contributed by atoms with Crippen LogP contribution in [-0.2, 0) is 29.5 Å². The molecule has 2 aromatic rings. The lowest BCUT2D eigenvalue weighted by atomic mass is 10.0. The minimum absolute atomic E-state index is 0.0753. The average molecular weight is 525 g/mol. The third-order valence-electron chi connectivity index (χ3n) is 5.92. The van der Waals surface area contributed by atoms with Crippen LogP contribution in [0.2, 0.25) is 5.02 Å². The lowest BCUT2D eigenvalue weighted by Gasteiger charge is -2.32. The summed E-state index contributed by atoms with van der Waals surface area (Å²) in [5, 5.41) is 12.6. The first-order valence-corrected chi connectivity index (χ1v) is 13.4. The third-order valence-corrected chi connectivity index (χ3v) is 7.48. The number of aliphatic hydroxyl groups excluding tert-OH is 1. The maximum atomic E-state index is 13.3. The summed E-state index contributed by atoms with van der Waals surface area (Å²) < 4.78 is 25.8. The molecular weight excluding hydrogens is 496 g/mol. The predicted molar refractivity (Wildman–Crippen MR) is 132 cm³/mol. The normalized spacial score (nSPS) is 13.7. The summed E-state index contributed by atoms with van der Waals surface area (Å²) in [7, 11) is -1.96. The summed E-state index contributed by atoms with van der Waals surface area (Å²) in [6.07, 6.45) is 1.74. The van der Waals surface area contributed by atoms with Crippen molar-refractivity contribution in [1.82, 2.24) is 19.1 Å². The fourth-order valence-electron chi connectivity index (χ4n) is 3.81. The molecular formula is C23H29ClN4O6S. The Labute approximate surface area is 209 Å². The van der Waals surface area contributed by atoms with E-state index in [9.17, 15) is 27.9 Å². The molecule has 0 saturated heterocycles. The van der Waals surface area contributed by atoms with Crippen molar-refractivity contribution in [2.24, 2.45) is 0 Å². The highest BCUT2D eigenvalue weighted by molar-refractivity contribution is 7.88. The van der Waals surface area contributed by atoms with Crippen molar-refractivity contribution in [1.29, 1.82) is 0 Å². The van der Waals surface area contributed by atoms with Gasteiger partial charge >= 0.3 is 0 Å². The van der Waals surface area contributed by atoms with Gasteiger partial charge in [-0.15, -0.1) is 0 Å². The zero-order chi connectivity index (χ0) is 25.8. The Balaban J connectivity index is 1.86. The van der Waals surface area contributed by atoms with E-state index in [4.69, 9.17) is 11.6 Å². The Bertz CT molecular complexity index is 1260. The number of aromatic nitrogens is 1. The second-order valence-corrected chi connectivity index (χ2v) is 10.9. The number of aryl methyl sites for hydroxylation is 1. The molecule has 2 amide bonds. The van der Waals surface area contributed by atoms with Crippen molar-refractivity contribution in [3.63, 3.8) is 0 Å². The lowest BCUT2D eigenvalue weighted by molar-refractivity contribution is 0.0691. The molecule has 12 heteroatoms. The molecule has 0 bridgehead atoms. The Morgan fingerprint density at radius 1 is 1.20 bits per heavy atom. The zero-order valence-electron chi connectivity index (χ0n) is 19.7. The molecule has 0 aliphatic carbocycles. The highest BCUT2D eigenvalue weighted by Crippen LogP contribution is 2.19. The number of nitrogens with one attached hydrogen (secondary N) is 1. The maximum Gasteiger partial charge on any atom is 0.270 e. The first kappa shape index (κ1) is 26.9. The Morgan fingerprint density at radius 3 is 2.51 bits per heavy atom. The number of carbonyl (C=O) groups excluding carboxylic acids is 2. The van der Waals surface area contributed by atoms with Crippen LogP contribution in [0.4, 0.5) is 0 Å². The van der Waals surface area contributed by atoms with Crippen molar-refractivity contribution in [3.8, 4) is 0 Å². The summed E-state index contributed by atoms with van der Waals surface area (Å²) in [6.45, 7) is 0.744. The maximum absolute atomic E-state index is 13.3. The van der Waals surface area contributed by atoms with Crippen LogP contribution in [0.15, 0.2) is 35.1 Å². The molecule has 1 aromatic heterocycles. The first-order chi connectivity index (χ1) is 16.5. The molecule has 2 N–H and O–H groups in total. The monoisotopic (exact) mass is 524 g/mol. The van der Waals surface area contributed by atoms with Crippen LogP contribution in [0, 0.1) is 0 Å². The number of nitrogens with zero attached hydrogens (tertiary/aromatic N) is 3. The first-order valence-electron chi connectivity index (χ1n) is 11.1. The van der Waals surface area contributed by atoms with Gasteiger partial charge in [-0.1, -0.05) is 23.7 Å². The Kier molecular flexibility index (Phi) is 8.70. The summed E-state index contributed by atoms with van der Waals surface area (Å²) in [6, 6.07) is 8.36. The number of rotatable bonds is 10. The van der Waals surface area contributed by atoms with Gasteiger partial charge in [0.2, 0.25) is 10.0 Å². The van der Waals surface area contributed by atoms with Crippen molar-refractivity contribution in [2.75, 3.05) is 39.5 Å².